The molecule has 2 atom stereocenters. The highest BCUT2D eigenvalue weighted by atomic mass is 16.3. The predicted octanol–water partition coefficient (Wildman–Crippen LogP) is 3.48. The summed E-state index contributed by atoms with van der Waals surface area (Å²) in [5.41, 5.74) is 4.68. The number of hydrogen-bond acceptors (Lipinski definition) is 4. The molecule has 0 spiro atoms. The number of imidazole rings is 1. The molecule has 3 aromatic rings. The minimum absolute atomic E-state index is 0.150. The third-order valence-electron chi connectivity index (χ3n) is 6.22. The molecule has 30 heavy (non-hydrogen) atoms. The number of aliphatic hydroxyl groups excluding tert-OH is 1. The van der Waals surface area contributed by atoms with E-state index in [1.807, 2.05) is 12.4 Å². The van der Waals surface area contributed by atoms with Crippen LogP contribution in [0.25, 0.3) is 0 Å². The van der Waals surface area contributed by atoms with E-state index in [0.29, 0.717) is 6.54 Å². The van der Waals surface area contributed by atoms with Gasteiger partial charge in [0.25, 0.3) is 0 Å². The SMILES string of the molecule is Cc1ccc(C)c([C@H](O)CN2CCN([C@@H](c3ccccc3)c3nccn3C)CC2)c1. The van der Waals surface area contributed by atoms with Crippen LogP contribution in [-0.2, 0) is 7.05 Å². The Kier molecular flexibility index (Phi) is 6.32. The molecule has 1 aromatic heterocycles. The Bertz CT molecular complexity index is 960. The smallest absolute Gasteiger partial charge is 0.130 e. The standard InChI is InChI=1S/C25H32N4O/c1-19-9-10-20(2)22(17-19)23(30)18-28-13-15-29(16-14-28)24(21-7-5-4-6-8-21)25-26-11-12-27(25)3/h4-12,17,23-24,30H,13-16,18H2,1-3H3/t23-,24+/m1/s1. The summed E-state index contributed by atoms with van der Waals surface area (Å²) in [6.45, 7) is 8.61. The molecule has 0 saturated carbocycles. The maximum atomic E-state index is 10.8. The van der Waals surface area contributed by atoms with Crippen molar-refractivity contribution >= 4 is 0 Å². The highest BCUT2D eigenvalue weighted by Crippen LogP contribution is 2.29. The third-order valence-corrected chi connectivity index (χ3v) is 6.22. The summed E-state index contributed by atoms with van der Waals surface area (Å²) in [6, 6.07) is 17.1. The minimum atomic E-state index is -0.448. The van der Waals surface area contributed by atoms with Crippen LogP contribution in [0.2, 0.25) is 0 Å². The molecule has 2 heterocycles. The van der Waals surface area contributed by atoms with E-state index in [9.17, 15) is 5.11 Å². The van der Waals surface area contributed by atoms with Crippen molar-refractivity contribution in [2.24, 2.45) is 7.05 Å². The van der Waals surface area contributed by atoms with Crippen molar-refractivity contribution in [1.29, 1.82) is 0 Å². The second-order valence-electron chi connectivity index (χ2n) is 8.42. The summed E-state index contributed by atoms with van der Waals surface area (Å²) in [5, 5.41) is 10.8. The van der Waals surface area contributed by atoms with Crippen molar-refractivity contribution in [3.8, 4) is 0 Å². The van der Waals surface area contributed by atoms with Gasteiger partial charge in [-0.05, 0) is 30.5 Å². The molecule has 0 bridgehead atoms. The first-order chi connectivity index (χ1) is 14.5. The number of aromatic nitrogens is 2. The van der Waals surface area contributed by atoms with Gasteiger partial charge in [-0.2, -0.15) is 0 Å². The van der Waals surface area contributed by atoms with E-state index in [0.717, 1.165) is 43.1 Å². The number of β-amino-alcohol motifs (C(OH)–C–C–N with tert-alkyl or cyclic N) is 1. The Morgan fingerprint density at radius 1 is 1.00 bits per heavy atom. The molecular weight excluding hydrogens is 372 g/mol. The van der Waals surface area contributed by atoms with Gasteiger partial charge in [-0.25, -0.2) is 4.98 Å². The van der Waals surface area contributed by atoms with Crippen molar-refractivity contribution in [1.82, 2.24) is 19.4 Å². The number of nitrogens with zero attached hydrogens (tertiary/aromatic N) is 4. The highest BCUT2D eigenvalue weighted by Gasteiger charge is 2.29. The first kappa shape index (κ1) is 20.8. The van der Waals surface area contributed by atoms with Gasteiger partial charge in [-0.1, -0.05) is 54.1 Å². The first-order valence-corrected chi connectivity index (χ1v) is 10.8. The summed E-state index contributed by atoms with van der Waals surface area (Å²) in [7, 11) is 2.06. The van der Waals surface area contributed by atoms with Gasteiger partial charge >= 0.3 is 0 Å². The van der Waals surface area contributed by atoms with Gasteiger partial charge in [0, 0.05) is 52.2 Å². The molecule has 5 heteroatoms. The molecule has 5 nitrogen and oxygen atoms in total. The molecule has 1 aliphatic heterocycles. The summed E-state index contributed by atoms with van der Waals surface area (Å²) < 4.78 is 2.12. The van der Waals surface area contributed by atoms with Crippen molar-refractivity contribution in [2.75, 3.05) is 32.7 Å². The van der Waals surface area contributed by atoms with Gasteiger partial charge in [-0.15, -0.1) is 0 Å². The minimum Gasteiger partial charge on any atom is -0.387 e. The maximum absolute atomic E-state index is 10.8. The lowest BCUT2D eigenvalue weighted by Gasteiger charge is -2.39. The molecule has 1 fully saturated rings. The van der Waals surface area contributed by atoms with E-state index in [1.165, 1.54) is 11.1 Å². The second-order valence-corrected chi connectivity index (χ2v) is 8.42. The molecule has 4 rings (SSSR count). The van der Waals surface area contributed by atoms with Crippen LogP contribution >= 0.6 is 0 Å². The van der Waals surface area contributed by atoms with Crippen LogP contribution in [0.15, 0.2) is 60.9 Å². The molecule has 1 aliphatic rings. The molecule has 1 saturated heterocycles. The molecule has 0 aliphatic carbocycles. The Balaban J connectivity index is 1.45. The van der Waals surface area contributed by atoms with Crippen molar-refractivity contribution < 1.29 is 5.11 Å². The maximum Gasteiger partial charge on any atom is 0.130 e. The van der Waals surface area contributed by atoms with Crippen molar-refractivity contribution in [3.05, 3.63) is 89.0 Å². The zero-order chi connectivity index (χ0) is 21.1. The lowest BCUT2D eigenvalue weighted by Crippen LogP contribution is -2.49. The first-order valence-electron chi connectivity index (χ1n) is 10.8. The van der Waals surface area contributed by atoms with Crippen molar-refractivity contribution in [2.45, 2.75) is 26.0 Å². The summed E-state index contributed by atoms with van der Waals surface area (Å²) in [4.78, 5) is 9.55. The molecule has 158 valence electrons. The molecule has 0 unspecified atom stereocenters. The quantitative estimate of drug-likeness (QED) is 0.683. The number of aryl methyl sites for hydroxylation is 3. The van der Waals surface area contributed by atoms with Gasteiger partial charge in [0.15, 0.2) is 0 Å². The fraction of sp³-hybridized carbons (Fsp3) is 0.400. The van der Waals surface area contributed by atoms with Gasteiger partial charge in [0.05, 0.1) is 12.1 Å². The lowest BCUT2D eigenvalue weighted by molar-refractivity contribution is 0.0603. The number of rotatable bonds is 6. The van der Waals surface area contributed by atoms with Crippen LogP contribution in [0.5, 0.6) is 0 Å². The average Bonchev–Trinajstić information content (AvgIpc) is 3.17. The number of piperazine rings is 1. The van der Waals surface area contributed by atoms with Crippen LogP contribution in [0.4, 0.5) is 0 Å². The molecule has 1 N–H and O–H groups in total. The normalized spacial score (nSPS) is 17.7. The topological polar surface area (TPSA) is 44.5 Å². The zero-order valence-corrected chi connectivity index (χ0v) is 18.2. The fourth-order valence-electron chi connectivity index (χ4n) is 4.47. The average molecular weight is 405 g/mol. The van der Waals surface area contributed by atoms with Gasteiger partial charge in [0.2, 0.25) is 0 Å². The van der Waals surface area contributed by atoms with E-state index in [1.54, 1.807) is 0 Å². The lowest BCUT2D eigenvalue weighted by atomic mass is 10.00. The zero-order valence-electron chi connectivity index (χ0n) is 18.2. The van der Waals surface area contributed by atoms with E-state index in [2.05, 4.69) is 88.8 Å². The van der Waals surface area contributed by atoms with E-state index in [-0.39, 0.29) is 6.04 Å². The number of aliphatic hydroxyl groups is 1. The summed E-state index contributed by atoms with van der Waals surface area (Å²) in [6.07, 6.45) is 3.44. The Hall–Kier alpha value is -2.47. The second kappa shape index (κ2) is 9.13. The van der Waals surface area contributed by atoms with Gasteiger partial charge < -0.3 is 9.67 Å². The summed E-state index contributed by atoms with van der Waals surface area (Å²) >= 11 is 0. The number of hydrogen-bond donors (Lipinski definition) is 1. The van der Waals surface area contributed by atoms with Crippen LogP contribution in [0, 0.1) is 13.8 Å². The van der Waals surface area contributed by atoms with Crippen LogP contribution in [-0.4, -0.2) is 57.2 Å². The monoisotopic (exact) mass is 404 g/mol. The Morgan fingerprint density at radius 2 is 1.73 bits per heavy atom. The summed E-state index contributed by atoms with van der Waals surface area (Å²) in [5.74, 6) is 1.07. The van der Waals surface area contributed by atoms with Gasteiger partial charge in [-0.3, -0.25) is 9.80 Å². The molecular formula is C25H32N4O. The Morgan fingerprint density at radius 3 is 2.40 bits per heavy atom. The van der Waals surface area contributed by atoms with Crippen LogP contribution < -0.4 is 0 Å². The molecule has 0 radical (unpaired) electrons. The highest BCUT2D eigenvalue weighted by molar-refractivity contribution is 5.32. The predicted molar refractivity (Wildman–Crippen MR) is 120 cm³/mol. The van der Waals surface area contributed by atoms with Crippen LogP contribution in [0.3, 0.4) is 0 Å². The van der Waals surface area contributed by atoms with E-state index >= 15 is 0 Å². The largest absolute Gasteiger partial charge is 0.387 e. The number of benzene rings is 2. The van der Waals surface area contributed by atoms with E-state index < -0.39 is 6.10 Å². The van der Waals surface area contributed by atoms with Crippen LogP contribution in [0.1, 0.15) is 40.2 Å². The van der Waals surface area contributed by atoms with E-state index in [4.69, 9.17) is 0 Å². The fourth-order valence-corrected chi connectivity index (χ4v) is 4.47. The Labute approximate surface area is 179 Å². The van der Waals surface area contributed by atoms with Gasteiger partial charge in [0.1, 0.15) is 5.82 Å². The van der Waals surface area contributed by atoms with Crippen molar-refractivity contribution in [3.63, 3.8) is 0 Å². The third kappa shape index (κ3) is 4.48. The molecule has 2 aromatic carbocycles. The molecule has 0 amide bonds.